The van der Waals surface area contributed by atoms with E-state index < -0.39 is 0 Å². The van der Waals surface area contributed by atoms with E-state index in [0.717, 1.165) is 67.3 Å². The third kappa shape index (κ3) is 3.88. The number of rotatable bonds is 3. The van der Waals surface area contributed by atoms with E-state index >= 15 is 0 Å². The fraction of sp³-hybridized carbons (Fsp3) is 0.350. The van der Waals surface area contributed by atoms with E-state index in [1.54, 1.807) is 6.20 Å². The lowest BCUT2D eigenvalue weighted by Gasteiger charge is -2.29. The first-order valence-corrected chi connectivity index (χ1v) is 9.43. The van der Waals surface area contributed by atoms with Crippen LogP contribution in [-0.4, -0.2) is 60.7 Å². The summed E-state index contributed by atoms with van der Waals surface area (Å²) in [6, 6.07) is 6.03. The zero-order valence-electron chi connectivity index (χ0n) is 15.6. The SMILES string of the molecule is [B]c1cc(-c2cn[nH]c2)ccc1C1=NN=C(N2CCNCC2)CC(CC)=C1. The topological polar surface area (TPSA) is 68.7 Å². The third-order valence-electron chi connectivity index (χ3n) is 5.09. The first-order chi connectivity index (χ1) is 13.2. The number of piperazine rings is 1. The maximum absolute atomic E-state index is 6.37. The van der Waals surface area contributed by atoms with E-state index in [4.69, 9.17) is 7.85 Å². The lowest BCUT2D eigenvalue weighted by Crippen LogP contribution is -2.46. The van der Waals surface area contributed by atoms with Crippen molar-refractivity contribution in [1.82, 2.24) is 20.4 Å². The van der Waals surface area contributed by atoms with Crippen molar-refractivity contribution >= 4 is 24.9 Å². The summed E-state index contributed by atoms with van der Waals surface area (Å²) in [6.07, 6.45) is 7.60. The second-order valence-corrected chi connectivity index (χ2v) is 6.86. The summed E-state index contributed by atoms with van der Waals surface area (Å²) in [7, 11) is 6.37. The molecule has 3 heterocycles. The molecule has 2 N–H and O–H groups in total. The van der Waals surface area contributed by atoms with Crippen LogP contribution in [0.25, 0.3) is 11.1 Å². The summed E-state index contributed by atoms with van der Waals surface area (Å²) in [4.78, 5) is 2.33. The summed E-state index contributed by atoms with van der Waals surface area (Å²) >= 11 is 0. The predicted molar refractivity (Wildman–Crippen MR) is 111 cm³/mol. The average Bonchev–Trinajstić information content (AvgIpc) is 3.16. The Hall–Kier alpha value is -2.67. The Labute approximate surface area is 160 Å². The number of aromatic amines is 1. The lowest BCUT2D eigenvalue weighted by atomic mass is 9.85. The van der Waals surface area contributed by atoms with Crippen LogP contribution in [0.2, 0.25) is 0 Å². The average molecular weight is 358 g/mol. The van der Waals surface area contributed by atoms with Gasteiger partial charge in [0.2, 0.25) is 0 Å². The van der Waals surface area contributed by atoms with Gasteiger partial charge in [-0.15, -0.1) is 10.2 Å². The van der Waals surface area contributed by atoms with Gasteiger partial charge in [-0.2, -0.15) is 5.10 Å². The van der Waals surface area contributed by atoms with Crippen LogP contribution in [0.5, 0.6) is 0 Å². The molecule has 2 aromatic rings. The zero-order chi connectivity index (χ0) is 18.6. The van der Waals surface area contributed by atoms with E-state index in [9.17, 15) is 0 Å². The van der Waals surface area contributed by atoms with Crippen LogP contribution in [0.1, 0.15) is 25.3 Å². The smallest absolute Gasteiger partial charge is 0.131 e. The molecule has 0 saturated carbocycles. The van der Waals surface area contributed by atoms with Crippen LogP contribution in [0.15, 0.2) is 52.4 Å². The van der Waals surface area contributed by atoms with Crippen LogP contribution in [0.3, 0.4) is 0 Å². The molecular formula is C20H23BN6. The number of benzene rings is 1. The second kappa shape index (κ2) is 7.92. The molecule has 1 aromatic carbocycles. The molecule has 2 aliphatic rings. The maximum Gasteiger partial charge on any atom is 0.131 e. The summed E-state index contributed by atoms with van der Waals surface area (Å²) in [6.45, 7) is 6.10. The fourth-order valence-corrected chi connectivity index (χ4v) is 3.46. The molecule has 27 heavy (non-hydrogen) atoms. The molecule has 1 saturated heterocycles. The molecule has 0 spiro atoms. The summed E-state index contributed by atoms with van der Waals surface area (Å²) in [5.41, 5.74) is 5.80. The largest absolute Gasteiger partial charge is 0.356 e. The van der Waals surface area contributed by atoms with Gasteiger partial charge in [0.1, 0.15) is 13.7 Å². The molecular weight excluding hydrogens is 335 g/mol. The molecule has 0 unspecified atom stereocenters. The molecule has 1 aromatic heterocycles. The van der Waals surface area contributed by atoms with Crippen molar-refractivity contribution in [3.05, 3.63) is 47.8 Å². The Balaban J connectivity index is 1.67. The minimum Gasteiger partial charge on any atom is -0.356 e. The molecule has 7 heteroatoms. The highest BCUT2D eigenvalue weighted by atomic mass is 15.3. The molecule has 2 radical (unpaired) electrons. The van der Waals surface area contributed by atoms with Crippen molar-refractivity contribution in [2.24, 2.45) is 10.2 Å². The summed E-state index contributed by atoms with van der Waals surface area (Å²) in [5.74, 6) is 1.05. The molecule has 6 nitrogen and oxygen atoms in total. The van der Waals surface area contributed by atoms with Crippen LogP contribution < -0.4 is 10.8 Å². The molecule has 0 aliphatic carbocycles. The van der Waals surface area contributed by atoms with Crippen molar-refractivity contribution < 1.29 is 0 Å². The summed E-state index contributed by atoms with van der Waals surface area (Å²) in [5, 5.41) is 19.4. The van der Waals surface area contributed by atoms with Crippen molar-refractivity contribution in [3.8, 4) is 11.1 Å². The number of nitrogens with one attached hydrogen (secondary N) is 2. The van der Waals surface area contributed by atoms with Gasteiger partial charge in [-0.25, -0.2) is 0 Å². The Kier molecular flexibility index (Phi) is 5.20. The lowest BCUT2D eigenvalue weighted by molar-refractivity contribution is 0.352. The maximum atomic E-state index is 6.37. The van der Waals surface area contributed by atoms with E-state index in [1.165, 1.54) is 5.57 Å². The Morgan fingerprint density at radius 2 is 2.00 bits per heavy atom. The molecule has 0 amide bonds. The summed E-state index contributed by atoms with van der Waals surface area (Å²) < 4.78 is 0. The number of amidine groups is 1. The standard InChI is InChI=1S/C20H23BN6/c1-2-14-9-19(25-26-20(10-14)27-7-5-22-6-8-27)17-4-3-15(11-18(17)21)16-12-23-24-13-16/h3-4,9,11-13,22H,2,5-8,10H2,1H3,(H,23,24). The van der Waals surface area contributed by atoms with Gasteiger partial charge in [0.15, 0.2) is 0 Å². The highest BCUT2D eigenvalue weighted by Crippen LogP contribution is 2.20. The van der Waals surface area contributed by atoms with Gasteiger partial charge in [0, 0.05) is 44.4 Å². The number of H-pyrrole nitrogens is 1. The van der Waals surface area contributed by atoms with Crippen LogP contribution in [0, 0.1) is 0 Å². The molecule has 136 valence electrons. The predicted octanol–water partition coefficient (Wildman–Crippen LogP) is 1.62. The minimum atomic E-state index is 0.694. The number of allylic oxidation sites excluding steroid dienone is 1. The highest BCUT2D eigenvalue weighted by Gasteiger charge is 2.18. The minimum absolute atomic E-state index is 0.694. The van der Waals surface area contributed by atoms with E-state index in [-0.39, 0.29) is 0 Å². The van der Waals surface area contributed by atoms with Crippen molar-refractivity contribution in [2.75, 3.05) is 26.2 Å². The Morgan fingerprint density at radius 1 is 1.15 bits per heavy atom. The number of hydrogen-bond donors (Lipinski definition) is 2. The van der Waals surface area contributed by atoms with E-state index in [1.807, 2.05) is 24.4 Å². The van der Waals surface area contributed by atoms with Gasteiger partial charge in [-0.1, -0.05) is 36.2 Å². The second-order valence-electron chi connectivity index (χ2n) is 6.86. The molecule has 0 atom stereocenters. The van der Waals surface area contributed by atoms with Gasteiger partial charge >= 0.3 is 0 Å². The Bertz CT molecular complexity index is 891. The van der Waals surface area contributed by atoms with Crippen LogP contribution in [0.4, 0.5) is 0 Å². The number of aromatic nitrogens is 2. The monoisotopic (exact) mass is 358 g/mol. The van der Waals surface area contributed by atoms with Gasteiger partial charge in [0.05, 0.1) is 11.9 Å². The molecule has 1 fully saturated rings. The molecule has 4 rings (SSSR count). The van der Waals surface area contributed by atoms with Gasteiger partial charge in [-0.3, -0.25) is 5.10 Å². The third-order valence-corrected chi connectivity index (χ3v) is 5.09. The van der Waals surface area contributed by atoms with Crippen LogP contribution in [-0.2, 0) is 0 Å². The van der Waals surface area contributed by atoms with Crippen molar-refractivity contribution in [1.29, 1.82) is 0 Å². The first-order valence-electron chi connectivity index (χ1n) is 9.43. The fourth-order valence-electron chi connectivity index (χ4n) is 3.46. The van der Waals surface area contributed by atoms with Gasteiger partial charge < -0.3 is 10.2 Å². The first kappa shape index (κ1) is 17.7. The van der Waals surface area contributed by atoms with Gasteiger partial charge in [0.25, 0.3) is 0 Å². The molecule has 2 aliphatic heterocycles. The van der Waals surface area contributed by atoms with Crippen molar-refractivity contribution in [2.45, 2.75) is 19.8 Å². The van der Waals surface area contributed by atoms with E-state index in [0.29, 0.717) is 5.46 Å². The van der Waals surface area contributed by atoms with E-state index in [2.05, 4.69) is 43.6 Å². The number of hydrogen-bond acceptors (Lipinski definition) is 5. The number of nitrogens with zero attached hydrogens (tertiary/aromatic N) is 4. The zero-order valence-corrected chi connectivity index (χ0v) is 15.6. The van der Waals surface area contributed by atoms with Gasteiger partial charge in [-0.05, 0) is 23.6 Å². The van der Waals surface area contributed by atoms with Crippen molar-refractivity contribution in [3.63, 3.8) is 0 Å². The quantitative estimate of drug-likeness (QED) is 0.820. The van der Waals surface area contributed by atoms with Crippen LogP contribution >= 0.6 is 0 Å². The highest BCUT2D eigenvalue weighted by molar-refractivity contribution is 6.38. The normalized spacial score (nSPS) is 17.8. The Morgan fingerprint density at radius 3 is 2.70 bits per heavy atom. The molecule has 0 bridgehead atoms.